The summed E-state index contributed by atoms with van der Waals surface area (Å²) in [5, 5.41) is 0. The Labute approximate surface area is 171 Å². The number of rotatable bonds is 6. The summed E-state index contributed by atoms with van der Waals surface area (Å²) in [6, 6.07) is 9.86. The summed E-state index contributed by atoms with van der Waals surface area (Å²) in [6.07, 6.45) is -4.54. The van der Waals surface area contributed by atoms with Gasteiger partial charge in [0.25, 0.3) is 0 Å². The highest BCUT2D eigenvalue weighted by Gasteiger charge is 2.28. The van der Waals surface area contributed by atoms with Gasteiger partial charge in [-0.1, -0.05) is 12.1 Å². The van der Waals surface area contributed by atoms with Gasteiger partial charge < -0.3 is 28.4 Å². The molecule has 2 heterocycles. The first-order valence-electron chi connectivity index (χ1n) is 9.54. The maximum Gasteiger partial charge on any atom is 0.422 e. The summed E-state index contributed by atoms with van der Waals surface area (Å²) >= 11 is 0. The zero-order chi connectivity index (χ0) is 21.0. The number of fused-ring (bicyclic) bond motifs is 1. The quantitative estimate of drug-likeness (QED) is 0.699. The Bertz CT molecular complexity index is 847. The van der Waals surface area contributed by atoms with Crippen LogP contribution >= 0.6 is 0 Å². The van der Waals surface area contributed by atoms with Crippen LogP contribution in [0.15, 0.2) is 36.4 Å². The molecular weight excluding hydrogens is 405 g/mol. The van der Waals surface area contributed by atoms with Crippen LogP contribution in [0.5, 0.6) is 23.0 Å². The first-order valence-corrected chi connectivity index (χ1v) is 9.54. The molecule has 9 heteroatoms. The third kappa shape index (κ3) is 5.28. The molecule has 2 aliphatic heterocycles. The van der Waals surface area contributed by atoms with E-state index in [1.54, 1.807) is 18.2 Å². The predicted molar refractivity (Wildman–Crippen MR) is 100 cm³/mol. The molecule has 162 valence electrons. The Kier molecular flexibility index (Phi) is 6.19. The molecule has 0 saturated carbocycles. The van der Waals surface area contributed by atoms with Crippen LogP contribution in [0.1, 0.15) is 0 Å². The molecule has 1 fully saturated rings. The van der Waals surface area contributed by atoms with Gasteiger partial charge in [0.05, 0.1) is 19.8 Å². The van der Waals surface area contributed by atoms with Gasteiger partial charge in [0, 0.05) is 11.6 Å². The average molecular weight is 426 g/mol. The van der Waals surface area contributed by atoms with E-state index in [2.05, 4.69) is 0 Å². The molecule has 1 unspecified atom stereocenters. The molecule has 0 N–H and O–H groups in total. The molecule has 1 saturated heterocycles. The largest absolute Gasteiger partial charge is 0.491 e. The number of ether oxygens (including phenoxy) is 6. The zero-order valence-corrected chi connectivity index (χ0v) is 16.1. The molecule has 0 aromatic heterocycles. The normalized spacial score (nSPS) is 18.7. The number of hydrogen-bond acceptors (Lipinski definition) is 6. The summed E-state index contributed by atoms with van der Waals surface area (Å²) in [6.45, 7) is 1.38. The van der Waals surface area contributed by atoms with Gasteiger partial charge in [-0.25, -0.2) is 0 Å². The van der Waals surface area contributed by atoms with Crippen LogP contribution in [-0.2, 0) is 9.47 Å². The Morgan fingerprint density at radius 3 is 2.43 bits per heavy atom. The van der Waals surface area contributed by atoms with Crippen molar-refractivity contribution in [2.75, 3.05) is 46.2 Å². The lowest BCUT2D eigenvalue weighted by molar-refractivity contribution is -0.153. The van der Waals surface area contributed by atoms with Crippen molar-refractivity contribution in [1.82, 2.24) is 0 Å². The highest BCUT2D eigenvalue weighted by Crippen LogP contribution is 2.43. The fraction of sp³-hybridized carbons (Fsp3) is 0.429. The van der Waals surface area contributed by atoms with Crippen LogP contribution < -0.4 is 18.9 Å². The molecule has 0 aliphatic carbocycles. The van der Waals surface area contributed by atoms with Crippen molar-refractivity contribution < 1.29 is 41.6 Å². The topological polar surface area (TPSA) is 55.4 Å². The van der Waals surface area contributed by atoms with Crippen LogP contribution in [0.4, 0.5) is 13.2 Å². The molecule has 4 rings (SSSR count). The van der Waals surface area contributed by atoms with E-state index in [-0.39, 0.29) is 11.9 Å². The summed E-state index contributed by atoms with van der Waals surface area (Å²) in [4.78, 5) is 0. The fourth-order valence-corrected chi connectivity index (χ4v) is 3.14. The number of alkyl halides is 3. The molecule has 0 amide bonds. The minimum absolute atomic E-state index is 0.129. The molecule has 30 heavy (non-hydrogen) atoms. The van der Waals surface area contributed by atoms with E-state index in [9.17, 15) is 13.2 Å². The molecule has 2 aromatic carbocycles. The molecule has 0 bridgehead atoms. The van der Waals surface area contributed by atoms with Crippen LogP contribution in [0.25, 0.3) is 11.1 Å². The first-order chi connectivity index (χ1) is 14.5. The second-order valence-corrected chi connectivity index (χ2v) is 6.80. The summed E-state index contributed by atoms with van der Waals surface area (Å²) in [5.41, 5.74) is 1.45. The van der Waals surface area contributed by atoms with E-state index in [1.165, 1.54) is 12.1 Å². The lowest BCUT2D eigenvalue weighted by Crippen LogP contribution is -2.33. The van der Waals surface area contributed by atoms with Gasteiger partial charge in [0.15, 0.2) is 18.1 Å². The minimum atomic E-state index is -4.39. The Morgan fingerprint density at radius 1 is 0.900 bits per heavy atom. The van der Waals surface area contributed by atoms with Gasteiger partial charge in [0.2, 0.25) is 0 Å². The summed E-state index contributed by atoms with van der Waals surface area (Å²) in [5.74, 6) is 1.81. The monoisotopic (exact) mass is 426 g/mol. The molecule has 1 atom stereocenters. The van der Waals surface area contributed by atoms with E-state index < -0.39 is 12.8 Å². The van der Waals surface area contributed by atoms with Gasteiger partial charge in [-0.15, -0.1) is 0 Å². The van der Waals surface area contributed by atoms with E-state index >= 15 is 0 Å². The van der Waals surface area contributed by atoms with Crippen LogP contribution in [0, 0.1) is 0 Å². The molecular formula is C21H21F3O6. The van der Waals surface area contributed by atoms with E-state index in [1.807, 2.05) is 6.07 Å². The zero-order valence-electron chi connectivity index (χ0n) is 16.1. The molecule has 0 radical (unpaired) electrons. The maximum atomic E-state index is 12.3. The average Bonchev–Trinajstić information content (AvgIpc) is 2.76. The lowest BCUT2D eigenvalue weighted by Gasteiger charge is -2.25. The highest BCUT2D eigenvalue weighted by atomic mass is 19.4. The van der Waals surface area contributed by atoms with Crippen molar-refractivity contribution in [3.05, 3.63) is 36.4 Å². The van der Waals surface area contributed by atoms with Gasteiger partial charge in [-0.05, 0) is 23.8 Å². The van der Waals surface area contributed by atoms with Crippen molar-refractivity contribution in [3.63, 3.8) is 0 Å². The van der Waals surface area contributed by atoms with E-state index in [4.69, 9.17) is 28.4 Å². The smallest absolute Gasteiger partial charge is 0.422 e. The first kappa shape index (κ1) is 20.6. The second-order valence-electron chi connectivity index (χ2n) is 6.80. The predicted octanol–water partition coefficient (Wildman–Crippen LogP) is 3.86. The minimum Gasteiger partial charge on any atom is -0.491 e. The Morgan fingerprint density at radius 2 is 1.70 bits per heavy atom. The second kappa shape index (κ2) is 9.01. The van der Waals surface area contributed by atoms with Crippen LogP contribution in [0.3, 0.4) is 0 Å². The van der Waals surface area contributed by atoms with Crippen molar-refractivity contribution in [3.8, 4) is 34.1 Å². The third-order valence-corrected chi connectivity index (χ3v) is 4.50. The fourth-order valence-electron chi connectivity index (χ4n) is 3.14. The lowest BCUT2D eigenvalue weighted by atomic mass is 10.0. The number of halogens is 3. The molecule has 0 spiro atoms. The van der Waals surface area contributed by atoms with Crippen LogP contribution in [-0.4, -0.2) is 58.5 Å². The third-order valence-electron chi connectivity index (χ3n) is 4.50. The van der Waals surface area contributed by atoms with Crippen molar-refractivity contribution in [2.24, 2.45) is 0 Å². The SMILES string of the molecule is FC(F)(F)COc1ccc(-c2cc(OCC3COCCO3)cc3c2OCCO3)cc1. The molecule has 2 aromatic rings. The highest BCUT2D eigenvalue weighted by molar-refractivity contribution is 5.76. The van der Waals surface area contributed by atoms with Crippen molar-refractivity contribution in [2.45, 2.75) is 12.3 Å². The molecule has 2 aliphatic rings. The van der Waals surface area contributed by atoms with Gasteiger partial charge in [0.1, 0.15) is 37.4 Å². The summed E-state index contributed by atoms with van der Waals surface area (Å²) in [7, 11) is 0. The van der Waals surface area contributed by atoms with Crippen molar-refractivity contribution >= 4 is 0 Å². The van der Waals surface area contributed by atoms with Gasteiger partial charge in [-0.2, -0.15) is 13.2 Å². The number of benzene rings is 2. The van der Waals surface area contributed by atoms with Crippen molar-refractivity contribution in [1.29, 1.82) is 0 Å². The van der Waals surface area contributed by atoms with Gasteiger partial charge in [-0.3, -0.25) is 0 Å². The van der Waals surface area contributed by atoms with E-state index in [0.717, 1.165) is 5.56 Å². The Hall–Kier alpha value is -2.65. The Balaban J connectivity index is 1.53. The number of hydrogen-bond donors (Lipinski definition) is 0. The maximum absolute atomic E-state index is 12.3. The van der Waals surface area contributed by atoms with E-state index in [0.29, 0.717) is 62.5 Å². The summed E-state index contributed by atoms with van der Waals surface area (Å²) < 4.78 is 70.1. The van der Waals surface area contributed by atoms with Gasteiger partial charge >= 0.3 is 6.18 Å². The van der Waals surface area contributed by atoms with Crippen LogP contribution in [0.2, 0.25) is 0 Å². The molecule has 6 nitrogen and oxygen atoms in total. The standard InChI is InChI=1S/C21H21F3O6/c22-21(23,24)13-30-15-3-1-14(2-4-15)18-9-16(10-19-20(18)28-8-7-27-19)29-12-17-11-25-5-6-26-17/h1-4,9-10,17H,5-8,11-13H2.